The van der Waals surface area contributed by atoms with Gasteiger partial charge in [-0.1, -0.05) is 37.9 Å². The van der Waals surface area contributed by atoms with Gasteiger partial charge in [0.15, 0.2) is 6.61 Å². The highest BCUT2D eigenvalue weighted by molar-refractivity contribution is 9.10. The number of nitrogens with one attached hydrogen (secondary N) is 1. The first-order valence-electron chi connectivity index (χ1n) is 6.55. The number of anilines is 1. The molecule has 0 aliphatic carbocycles. The minimum Gasteiger partial charge on any atom is -0.484 e. The minimum absolute atomic E-state index is 0.173. The summed E-state index contributed by atoms with van der Waals surface area (Å²) in [5.41, 5.74) is 0.626. The molecule has 0 saturated carbocycles. The molecule has 0 saturated heterocycles. The van der Waals surface area contributed by atoms with Crippen LogP contribution in [0.3, 0.4) is 0 Å². The maximum atomic E-state index is 12.0. The molecule has 7 heteroatoms. The largest absolute Gasteiger partial charge is 0.484 e. The summed E-state index contributed by atoms with van der Waals surface area (Å²) in [7, 11) is 1.28. The summed E-state index contributed by atoms with van der Waals surface area (Å²) in [6, 6.07) is 12.1. The minimum atomic E-state index is -0.533. The number of esters is 1. The molecule has 0 unspecified atom stereocenters. The van der Waals surface area contributed by atoms with Crippen molar-refractivity contribution >= 4 is 49.4 Å². The molecule has 0 radical (unpaired) electrons. The molecule has 1 N–H and O–H groups in total. The van der Waals surface area contributed by atoms with Gasteiger partial charge in [-0.15, -0.1) is 0 Å². The van der Waals surface area contributed by atoms with Crippen molar-refractivity contribution < 1.29 is 19.1 Å². The van der Waals surface area contributed by atoms with Crippen LogP contribution in [0.2, 0.25) is 0 Å². The number of ether oxygens (including phenoxy) is 2. The van der Waals surface area contributed by atoms with E-state index in [9.17, 15) is 9.59 Å². The summed E-state index contributed by atoms with van der Waals surface area (Å²) in [5, 5.41) is 2.64. The van der Waals surface area contributed by atoms with Crippen LogP contribution in [-0.2, 0) is 9.53 Å². The number of hydrogen-bond donors (Lipinski definition) is 1. The number of benzene rings is 2. The molecule has 2 rings (SSSR count). The number of hydrogen-bond acceptors (Lipinski definition) is 4. The summed E-state index contributed by atoms with van der Waals surface area (Å²) in [6.45, 7) is -0.173. The normalized spacial score (nSPS) is 10.0. The molecule has 0 atom stereocenters. The van der Waals surface area contributed by atoms with Gasteiger partial charge < -0.3 is 14.8 Å². The van der Waals surface area contributed by atoms with Crippen LogP contribution in [-0.4, -0.2) is 25.6 Å². The maximum absolute atomic E-state index is 12.0. The Morgan fingerprint density at radius 1 is 1.09 bits per heavy atom. The van der Waals surface area contributed by atoms with Crippen LogP contribution in [0, 0.1) is 0 Å². The maximum Gasteiger partial charge on any atom is 0.340 e. The van der Waals surface area contributed by atoms with Crippen molar-refractivity contribution in [2.24, 2.45) is 0 Å². The molecule has 0 aliphatic rings. The van der Waals surface area contributed by atoms with Crippen LogP contribution >= 0.6 is 31.9 Å². The number of halogens is 2. The van der Waals surface area contributed by atoms with Crippen LogP contribution in [0.25, 0.3) is 0 Å². The predicted molar refractivity (Wildman–Crippen MR) is 93.7 cm³/mol. The van der Waals surface area contributed by atoms with Crippen molar-refractivity contribution in [2.75, 3.05) is 19.0 Å². The molecule has 5 nitrogen and oxygen atoms in total. The second-order valence-corrected chi connectivity index (χ2v) is 6.31. The lowest BCUT2D eigenvalue weighted by Crippen LogP contribution is -2.21. The van der Waals surface area contributed by atoms with Gasteiger partial charge in [0.05, 0.1) is 18.4 Å². The smallest absolute Gasteiger partial charge is 0.340 e. The third kappa shape index (κ3) is 5.07. The Morgan fingerprint density at radius 3 is 2.52 bits per heavy atom. The Balaban J connectivity index is 2.04. The van der Waals surface area contributed by atoms with Crippen molar-refractivity contribution in [2.45, 2.75) is 0 Å². The number of amides is 1. The summed E-state index contributed by atoms with van der Waals surface area (Å²) >= 11 is 6.61. The van der Waals surface area contributed by atoms with E-state index in [-0.39, 0.29) is 18.1 Å². The van der Waals surface area contributed by atoms with E-state index in [1.54, 1.807) is 36.4 Å². The van der Waals surface area contributed by atoms with E-state index in [0.717, 1.165) is 4.47 Å². The quantitative estimate of drug-likeness (QED) is 0.710. The lowest BCUT2D eigenvalue weighted by molar-refractivity contribution is -0.118. The molecule has 0 heterocycles. The monoisotopic (exact) mass is 441 g/mol. The Morgan fingerprint density at radius 2 is 1.83 bits per heavy atom. The topological polar surface area (TPSA) is 64.6 Å². The lowest BCUT2D eigenvalue weighted by atomic mass is 10.2. The molecular weight excluding hydrogens is 430 g/mol. The Kier molecular flexibility index (Phi) is 6.18. The summed E-state index contributed by atoms with van der Waals surface area (Å²) in [6.07, 6.45) is 0. The van der Waals surface area contributed by atoms with Gasteiger partial charge in [-0.25, -0.2) is 4.79 Å². The van der Waals surface area contributed by atoms with E-state index < -0.39 is 5.97 Å². The van der Waals surface area contributed by atoms with Crippen LogP contribution in [0.15, 0.2) is 51.4 Å². The Hall–Kier alpha value is -1.86. The zero-order valence-corrected chi connectivity index (χ0v) is 15.3. The van der Waals surface area contributed by atoms with Gasteiger partial charge in [0.2, 0.25) is 0 Å². The van der Waals surface area contributed by atoms with E-state index in [4.69, 9.17) is 9.47 Å². The first-order valence-corrected chi connectivity index (χ1v) is 8.14. The molecule has 2 aromatic rings. The second-order valence-electron chi connectivity index (χ2n) is 4.48. The number of carbonyl (C=O) groups excluding carboxylic acids is 2. The van der Waals surface area contributed by atoms with Gasteiger partial charge in [-0.05, 0) is 36.4 Å². The first-order chi connectivity index (χ1) is 11.0. The standard InChI is InChI=1S/C16H13Br2NO4/c1-22-16(21)13-8-11(18)5-6-14(13)19-15(20)9-23-12-4-2-3-10(17)7-12/h2-8H,9H2,1H3,(H,19,20). The fraction of sp³-hybridized carbons (Fsp3) is 0.125. The molecule has 0 aromatic heterocycles. The number of carbonyl (C=O) groups is 2. The average Bonchev–Trinajstić information content (AvgIpc) is 2.54. The van der Waals surface area contributed by atoms with E-state index in [2.05, 4.69) is 37.2 Å². The SMILES string of the molecule is COC(=O)c1cc(Br)ccc1NC(=O)COc1cccc(Br)c1. The van der Waals surface area contributed by atoms with Crippen LogP contribution in [0.4, 0.5) is 5.69 Å². The van der Waals surface area contributed by atoms with Gasteiger partial charge in [0.1, 0.15) is 5.75 Å². The van der Waals surface area contributed by atoms with Gasteiger partial charge in [0, 0.05) is 8.95 Å². The zero-order valence-electron chi connectivity index (χ0n) is 12.1. The van der Waals surface area contributed by atoms with Crippen LogP contribution < -0.4 is 10.1 Å². The highest BCUT2D eigenvalue weighted by Gasteiger charge is 2.14. The predicted octanol–water partition coefficient (Wildman–Crippen LogP) is 4.02. The summed E-state index contributed by atoms with van der Waals surface area (Å²) < 4.78 is 11.7. The molecule has 0 aliphatic heterocycles. The lowest BCUT2D eigenvalue weighted by Gasteiger charge is -2.11. The summed E-state index contributed by atoms with van der Waals surface area (Å²) in [4.78, 5) is 23.8. The van der Waals surface area contributed by atoms with Crippen molar-refractivity contribution in [3.63, 3.8) is 0 Å². The van der Waals surface area contributed by atoms with Crippen LogP contribution in [0.5, 0.6) is 5.75 Å². The van der Waals surface area contributed by atoms with Crippen molar-refractivity contribution in [3.8, 4) is 5.75 Å². The molecule has 0 spiro atoms. The third-order valence-electron chi connectivity index (χ3n) is 2.83. The van der Waals surface area contributed by atoms with E-state index in [1.807, 2.05) is 6.07 Å². The van der Waals surface area contributed by atoms with E-state index in [1.165, 1.54) is 7.11 Å². The highest BCUT2D eigenvalue weighted by Crippen LogP contribution is 2.22. The molecule has 1 amide bonds. The molecule has 0 bridgehead atoms. The fourth-order valence-electron chi connectivity index (χ4n) is 1.80. The Labute approximate surface area is 150 Å². The van der Waals surface area contributed by atoms with Gasteiger partial charge in [-0.2, -0.15) is 0 Å². The Bertz CT molecular complexity index is 734. The second kappa shape index (κ2) is 8.12. The van der Waals surface area contributed by atoms with Crippen LogP contribution in [0.1, 0.15) is 10.4 Å². The molecule has 23 heavy (non-hydrogen) atoms. The highest BCUT2D eigenvalue weighted by atomic mass is 79.9. The summed E-state index contributed by atoms with van der Waals surface area (Å²) in [5.74, 6) is -0.342. The third-order valence-corrected chi connectivity index (χ3v) is 3.81. The first kappa shape index (κ1) is 17.5. The van der Waals surface area contributed by atoms with Gasteiger partial charge in [0.25, 0.3) is 5.91 Å². The average molecular weight is 443 g/mol. The van der Waals surface area contributed by atoms with Crippen molar-refractivity contribution in [3.05, 3.63) is 57.0 Å². The van der Waals surface area contributed by atoms with Crippen molar-refractivity contribution in [1.29, 1.82) is 0 Å². The number of methoxy groups -OCH3 is 1. The van der Waals surface area contributed by atoms with Gasteiger partial charge >= 0.3 is 5.97 Å². The van der Waals surface area contributed by atoms with Crippen molar-refractivity contribution in [1.82, 2.24) is 0 Å². The molecular formula is C16H13Br2NO4. The molecule has 120 valence electrons. The zero-order chi connectivity index (χ0) is 16.8. The number of rotatable bonds is 5. The molecule has 0 fully saturated rings. The van der Waals surface area contributed by atoms with Gasteiger partial charge in [-0.3, -0.25) is 4.79 Å². The van der Waals surface area contributed by atoms with E-state index >= 15 is 0 Å². The van der Waals surface area contributed by atoms with E-state index in [0.29, 0.717) is 15.9 Å². The fourth-order valence-corrected chi connectivity index (χ4v) is 2.54. The molecule has 2 aromatic carbocycles.